The minimum atomic E-state index is -1.36. The molecule has 0 N–H and O–H groups in total. The van der Waals surface area contributed by atoms with Crippen LogP contribution in [0, 0.1) is 5.92 Å². The largest absolute Gasteiger partial charge is 0.237 e. The molecule has 0 nitrogen and oxygen atoms in total. The fourth-order valence-electron chi connectivity index (χ4n) is 0.824. The molecule has 0 aromatic rings. The van der Waals surface area contributed by atoms with Crippen molar-refractivity contribution in [1.82, 2.24) is 0 Å². The molecule has 0 heterocycles. The molecule has 0 aromatic heterocycles. The van der Waals surface area contributed by atoms with Crippen molar-refractivity contribution in [2.45, 2.75) is 25.8 Å². The van der Waals surface area contributed by atoms with Crippen LogP contribution in [0.5, 0.6) is 0 Å². The molecular weight excluding hydrogens is 183 g/mol. The fraction of sp³-hybridized carbons (Fsp3) is 0.714. The van der Waals surface area contributed by atoms with Crippen molar-refractivity contribution in [3.05, 3.63) is 12.7 Å². The van der Waals surface area contributed by atoms with E-state index in [4.69, 9.17) is 22.2 Å². The normalized spacial score (nSPS) is 13.6. The summed E-state index contributed by atoms with van der Waals surface area (Å²) in [5, 5.41) is 0. The molecule has 3 heteroatoms. The average Bonchev–Trinajstić information content (AvgIpc) is 1.82. The lowest BCUT2D eigenvalue weighted by Crippen LogP contribution is -2.01. The summed E-state index contributed by atoms with van der Waals surface area (Å²) in [6, 6.07) is 1.02. The minimum absolute atomic E-state index is 0.671. The van der Waals surface area contributed by atoms with E-state index in [0.717, 1.165) is 12.5 Å². The molecule has 0 aromatic carbocycles. The Bertz CT molecular complexity index is 93.6. The van der Waals surface area contributed by atoms with Gasteiger partial charge in [0, 0.05) is 0 Å². The highest BCUT2D eigenvalue weighted by Crippen LogP contribution is 2.17. The topological polar surface area (TPSA) is 0 Å². The van der Waals surface area contributed by atoms with Crippen molar-refractivity contribution in [3.8, 4) is 0 Å². The first-order valence-electron chi connectivity index (χ1n) is 3.56. The molecule has 1 unspecified atom stereocenters. The van der Waals surface area contributed by atoms with Crippen molar-refractivity contribution in [3.63, 3.8) is 0 Å². The summed E-state index contributed by atoms with van der Waals surface area (Å²) in [6.07, 6.45) is 4.19. The standard InChI is InChI=1S/C7H14Cl2Si/c1-3-4-5-7(2)6-10(8)9/h3,7,10H,1,4-6H2,2H3. The molecule has 0 radical (unpaired) electrons. The highest BCUT2D eigenvalue weighted by Gasteiger charge is 2.07. The summed E-state index contributed by atoms with van der Waals surface area (Å²) in [5.41, 5.74) is 0. The minimum Gasteiger partial charge on any atom is -0.150 e. The van der Waals surface area contributed by atoms with Crippen molar-refractivity contribution in [1.29, 1.82) is 0 Å². The van der Waals surface area contributed by atoms with Crippen LogP contribution < -0.4 is 0 Å². The van der Waals surface area contributed by atoms with Gasteiger partial charge in [-0.25, -0.2) is 0 Å². The smallest absolute Gasteiger partial charge is 0.150 e. The Morgan fingerprint density at radius 1 is 1.60 bits per heavy atom. The van der Waals surface area contributed by atoms with Crippen LogP contribution in [0.4, 0.5) is 0 Å². The molecular formula is C7H14Cl2Si. The van der Waals surface area contributed by atoms with Crippen LogP contribution in [0.2, 0.25) is 6.04 Å². The Morgan fingerprint density at radius 2 is 2.20 bits per heavy atom. The van der Waals surface area contributed by atoms with Gasteiger partial charge in [0.05, 0.1) is 0 Å². The van der Waals surface area contributed by atoms with E-state index >= 15 is 0 Å². The lowest BCUT2D eigenvalue weighted by Gasteiger charge is -2.08. The molecule has 0 rings (SSSR count). The van der Waals surface area contributed by atoms with Crippen LogP contribution in [0.15, 0.2) is 12.7 Å². The second-order valence-electron chi connectivity index (χ2n) is 2.60. The number of allylic oxidation sites excluding steroid dienone is 1. The quantitative estimate of drug-likeness (QED) is 0.360. The monoisotopic (exact) mass is 196 g/mol. The van der Waals surface area contributed by atoms with Crippen LogP contribution in [0.1, 0.15) is 19.8 Å². The maximum absolute atomic E-state index is 5.73. The van der Waals surface area contributed by atoms with Gasteiger partial charge in [0.2, 0.25) is 7.42 Å². The van der Waals surface area contributed by atoms with Gasteiger partial charge in [-0.3, -0.25) is 0 Å². The van der Waals surface area contributed by atoms with E-state index in [1.54, 1.807) is 0 Å². The van der Waals surface area contributed by atoms with Gasteiger partial charge in [0.1, 0.15) is 0 Å². The number of halogens is 2. The van der Waals surface area contributed by atoms with Gasteiger partial charge in [-0.1, -0.05) is 13.0 Å². The first-order valence-corrected chi connectivity index (χ1v) is 7.86. The van der Waals surface area contributed by atoms with Gasteiger partial charge in [0.25, 0.3) is 0 Å². The Balaban J connectivity index is 3.24. The molecule has 0 fully saturated rings. The van der Waals surface area contributed by atoms with Crippen LogP contribution in [-0.4, -0.2) is 7.42 Å². The van der Waals surface area contributed by atoms with Gasteiger partial charge >= 0.3 is 0 Å². The molecule has 0 aliphatic carbocycles. The maximum atomic E-state index is 5.73. The molecule has 0 bridgehead atoms. The highest BCUT2D eigenvalue weighted by molar-refractivity contribution is 7.33. The third-order valence-electron chi connectivity index (χ3n) is 1.44. The zero-order chi connectivity index (χ0) is 7.98. The van der Waals surface area contributed by atoms with Gasteiger partial charge in [-0.15, -0.1) is 6.58 Å². The second-order valence-corrected chi connectivity index (χ2v) is 7.68. The molecule has 0 spiro atoms. The molecule has 1 atom stereocenters. The zero-order valence-electron chi connectivity index (χ0n) is 6.32. The van der Waals surface area contributed by atoms with Crippen molar-refractivity contribution in [2.75, 3.05) is 0 Å². The predicted octanol–water partition coefficient (Wildman–Crippen LogP) is 3.29. The van der Waals surface area contributed by atoms with E-state index in [2.05, 4.69) is 13.5 Å². The third-order valence-corrected chi connectivity index (χ3v) is 3.67. The van der Waals surface area contributed by atoms with Gasteiger partial charge in [-0.05, 0) is 24.8 Å². The molecule has 10 heavy (non-hydrogen) atoms. The zero-order valence-corrected chi connectivity index (χ0v) is 8.98. The van der Waals surface area contributed by atoms with Crippen LogP contribution >= 0.6 is 22.2 Å². The van der Waals surface area contributed by atoms with Gasteiger partial charge in [0.15, 0.2) is 0 Å². The summed E-state index contributed by atoms with van der Waals surface area (Å²) in [5.74, 6) is 0.671. The fourth-order valence-corrected chi connectivity index (χ4v) is 3.49. The van der Waals surface area contributed by atoms with Crippen LogP contribution in [0.25, 0.3) is 0 Å². The Hall–Kier alpha value is 0.537. The lowest BCUT2D eigenvalue weighted by atomic mass is 10.1. The van der Waals surface area contributed by atoms with Crippen molar-refractivity contribution in [2.24, 2.45) is 5.92 Å². The van der Waals surface area contributed by atoms with Crippen molar-refractivity contribution >= 4 is 29.6 Å². The third kappa shape index (κ3) is 6.65. The first-order chi connectivity index (χ1) is 4.66. The molecule has 0 amide bonds. The lowest BCUT2D eigenvalue weighted by molar-refractivity contribution is 0.592. The van der Waals surface area contributed by atoms with E-state index in [1.165, 1.54) is 6.42 Å². The first kappa shape index (κ1) is 10.5. The van der Waals surface area contributed by atoms with Gasteiger partial charge < -0.3 is 0 Å². The van der Waals surface area contributed by atoms with E-state index in [1.807, 2.05) is 6.08 Å². The highest BCUT2D eigenvalue weighted by atomic mass is 35.7. The molecule has 60 valence electrons. The number of hydrogen-bond acceptors (Lipinski definition) is 0. The molecule has 0 aliphatic heterocycles. The number of hydrogen-bond donors (Lipinski definition) is 0. The summed E-state index contributed by atoms with van der Waals surface area (Å²) >= 11 is 11.5. The van der Waals surface area contributed by atoms with Crippen LogP contribution in [0.3, 0.4) is 0 Å². The summed E-state index contributed by atoms with van der Waals surface area (Å²) in [4.78, 5) is 0. The van der Waals surface area contributed by atoms with E-state index < -0.39 is 7.42 Å². The average molecular weight is 197 g/mol. The molecule has 0 saturated carbocycles. The van der Waals surface area contributed by atoms with Crippen molar-refractivity contribution < 1.29 is 0 Å². The predicted molar refractivity (Wildman–Crippen MR) is 52.3 cm³/mol. The Morgan fingerprint density at radius 3 is 2.60 bits per heavy atom. The molecule has 0 aliphatic rings. The van der Waals surface area contributed by atoms with E-state index in [-0.39, 0.29) is 0 Å². The van der Waals surface area contributed by atoms with Crippen LogP contribution in [-0.2, 0) is 0 Å². The Kier molecular flexibility index (Phi) is 6.60. The maximum Gasteiger partial charge on any atom is 0.237 e. The van der Waals surface area contributed by atoms with E-state index in [0.29, 0.717) is 5.92 Å². The Labute approximate surface area is 74.2 Å². The SMILES string of the molecule is C=CCCC(C)C[SiH](Cl)Cl. The summed E-state index contributed by atoms with van der Waals surface area (Å²) in [6.45, 7) is 5.85. The summed E-state index contributed by atoms with van der Waals surface area (Å²) < 4.78 is 0. The second kappa shape index (κ2) is 6.26. The van der Waals surface area contributed by atoms with Gasteiger partial charge in [-0.2, -0.15) is 22.2 Å². The molecule has 0 saturated heterocycles. The number of rotatable bonds is 5. The summed E-state index contributed by atoms with van der Waals surface area (Å²) in [7, 11) is -1.36. The van der Waals surface area contributed by atoms with E-state index in [9.17, 15) is 0 Å².